The Morgan fingerprint density at radius 3 is 2.55 bits per heavy atom. The van der Waals surface area contributed by atoms with Crippen LogP contribution in [0.5, 0.6) is 5.75 Å². The van der Waals surface area contributed by atoms with E-state index in [-0.39, 0.29) is 29.9 Å². The summed E-state index contributed by atoms with van der Waals surface area (Å²) in [5, 5.41) is 9.55. The Hall–Kier alpha value is -2.33. The Balaban J connectivity index is 0.00000544. The summed E-state index contributed by atoms with van der Waals surface area (Å²) in [4.78, 5) is 16.5. The molecule has 2 aromatic rings. The minimum atomic E-state index is -0.0476. The maximum atomic E-state index is 12.2. The highest BCUT2D eigenvalue weighted by atomic mass is 127. The quantitative estimate of drug-likeness (QED) is 0.156. The van der Waals surface area contributed by atoms with Crippen molar-refractivity contribution in [3.8, 4) is 5.75 Å². The molecule has 0 saturated heterocycles. The minimum absolute atomic E-state index is 0. The number of carbonyl (C=O) groups is 1. The lowest BCUT2D eigenvalue weighted by Crippen LogP contribution is -2.36. The molecule has 3 N–H and O–H groups in total. The van der Waals surface area contributed by atoms with E-state index in [1.165, 1.54) is 0 Å². The van der Waals surface area contributed by atoms with E-state index >= 15 is 0 Å². The average molecular weight is 569 g/mol. The molecule has 0 atom stereocenters. The van der Waals surface area contributed by atoms with Crippen LogP contribution >= 0.6 is 24.0 Å². The van der Waals surface area contributed by atoms with E-state index in [0.29, 0.717) is 44.4 Å². The molecule has 0 aromatic heterocycles. The maximum Gasteiger partial charge on any atom is 0.251 e. The van der Waals surface area contributed by atoms with Crippen LogP contribution in [-0.4, -0.2) is 45.8 Å². The number of halogens is 1. The van der Waals surface area contributed by atoms with Crippen molar-refractivity contribution < 1.29 is 14.3 Å². The van der Waals surface area contributed by atoms with E-state index in [0.717, 1.165) is 35.3 Å². The fourth-order valence-corrected chi connectivity index (χ4v) is 3.08. The summed E-state index contributed by atoms with van der Waals surface area (Å²) in [6, 6.07) is 13.8. The highest BCUT2D eigenvalue weighted by Crippen LogP contribution is 2.20. The molecule has 1 amide bonds. The van der Waals surface area contributed by atoms with Crippen LogP contribution in [0.4, 0.5) is 0 Å². The highest BCUT2D eigenvalue weighted by Gasteiger charge is 2.08. The van der Waals surface area contributed by atoms with Crippen molar-refractivity contribution in [2.75, 3.05) is 33.9 Å². The number of guanidine groups is 1. The molecule has 0 radical (unpaired) electrons. The van der Waals surface area contributed by atoms with Gasteiger partial charge in [-0.1, -0.05) is 31.2 Å². The van der Waals surface area contributed by atoms with E-state index in [1.54, 1.807) is 14.2 Å². The van der Waals surface area contributed by atoms with Crippen LogP contribution in [0, 0.1) is 6.92 Å². The lowest BCUT2D eigenvalue weighted by Gasteiger charge is -2.16. The summed E-state index contributed by atoms with van der Waals surface area (Å²) in [5.41, 5.74) is 3.89. The molecule has 7 nitrogen and oxygen atoms in total. The number of aliphatic imine (C=N–C) groups is 1. The largest absolute Gasteiger partial charge is 0.493 e. The van der Waals surface area contributed by atoms with Gasteiger partial charge in [-0.15, -0.1) is 24.0 Å². The monoisotopic (exact) mass is 568 g/mol. The van der Waals surface area contributed by atoms with Gasteiger partial charge >= 0.3 is 0 Å². The summed E-state index contributed by atoms with van der Waals surface area (Å²) < 4.78 is 11.1. The van der Waals surface area contributed by atoms with Crippen LogP contribution in [0.1, 0.15) is 46.8 Å². The smallest absolute Gasteiger partial charge is 0.251 e. The first-order chi connectivity index (χ1) is 15.6. The number of hydrogen-bond donors (Lipinski definition) is 3. The van der Waals surface area contributed by atoms with Gasteiger partial charge in [0.05, 0.1) is 6.61 Å². The summed E-state index contributed by atoms with van der Waals surface area (Å²) in [6.45, 7) is 7.19. The molecular weight excluding hydrogens is 531 g/mol. The number of benzene rings is 2. The summed E-state index contributed by atoms with van der Waals surface area (Å²) in [5.74, 6) is 1.50. The zero-order valence-electron chi connectivity index (χ0n) is 20.1. The Morgan fingerprint density at radius 1 is 1.03 bits per heavy atom. The van der Waals surface area contributed by atoms with Gasteiger partial charge in [-0.2, -0.15) is 0 Å². The van der Waals surface area contributed by atoms with Gasteiger partial charge in [0, 0.05) is 57.9 Å². The minimum Gasteiger partial charge on any atom is -0.493 e. The average Bonchev–Trinajstić information content (AvgIpc) is 2.81. The number of amides is 1. The third-order valence-electron chi connectivity index (χ3n) is 4.83. The number of ether oxygens (including phenoxy) is 2. The number of nitrogens with zero attached hydrogens (tertiary/aromatic N) is 1. The topological polar surface area (TPSA) is 84.0 Å². The van der Waals surface area contributed by atoms with Gasteiger partial charge in [0.1, 0.15) is 5.75 Å². The third kappa shape index (κ3) is 10.4. The first-order valence-electron chi connectivity index (χ1n) is 11.1. The first-order valence-corrected chi connectivity index (χ1v) is 11.1. The Labute approximate surface area is 214 Å². The van der Waals surface area contributed by atoms with Crippen LogP contribution in [0.15, 0.2) is 47.5 Å². The molecule has 8 heteroatoms. The SMILES string of the molecule is CCCNC(=O)c1cccc(CNC(=NC)NCc2ccc(C)cc2OCCCOC)c1.I. The first kappa shape index (κ1) is 28.7. The van der Waals surface area contributed by atoms with Crippen molar-refractivity contribution in [3.05, 3.63) is 64.7 Å². The molecule has 0 fully saturated rings. The van der Waals surface area contributed by atoms with Crippen LogP contribution in [0.2, 0.25) is 0 Å². The molecule has 0 saturated carbocycles. The van der Waals surface area contributed by atoms with E-state index < -0.39 is 0 Å². The van der Waals surface area contributed by atoms with Crippen molar-refractivity contribution in [3.63, 3.8) is 0 Å². The van der Waals surface area contributed by atoms with Crippen LogP contribution in [0.3, 0.4) is 0 Å². The number of rotatable bonds is 12. The van der Waals surface area contributed by atoms with Gasteiger partial charge in [-0.25, -0.2) is 0 Å². The maximum absolute atomic E-state index is 12.2. The lowest BCUT2D eigenvalue weighted by atomic mass is 10.1. The summed E-state index contributed by atoms with van der Waals surface area (Å²) >= 11 is 0. The van der Waals surface area contributed by atoms with Crippen LogP contribution in [-0.2, 0) is 17.8 Å². The molecule has 0 spiro atoms. The lowest BCUT2D eigenvalue weighted by molar-refractivity contribution is 0.0953. The zero-order chi connectivity index (χ0) is 23.2. The zero-order valence-corrected chi connectivity index (χ0v) is 22.4. The third-order valence-corrected chi connectivity index (χ3v) is 4.83. The fraction of sp³-hybridized carbons (Fsp3) is 0.440. The van der Waals surface area contributed by atoms with Crippen molar-refractivity contribution in [1.82, 2.24) is 16.0 Å². The van der Waals surface area contributed by atoms with Crippen molar-refractivity contribution in [2.45, 2.75) is 39.8 Å². The Kier molecular flexibility index (Phi) is 14.2. The molecule has 2 aromatic carbocycles. The summed E-state index contributed by atoms with van der Waals surface area (Å²) in [6.07, 6.45) is 1.76. The Morgan fingerprint density at radius 2 is 1.82 bits per heavy atom. The molecule has 0 bridgehead atoms. The number of carbonyl (C=O) groups excluding carboxylic acids is 1. The van der Waals surface area contributed by atoms with Gasteiger partial charge in [0.15, 0.2) is 5.96 Å². The second kappa shape index (κ2) is 16.3. The normalized spacial score (nSPS) is 10.8. The second-order valence-electron chi connectivity index (χ2n) is 7.54. The Bertz CT molecular complexity index is 890. The van der Waals surface area contributed by atoms with E-state index in [4.69, 9.17) is 9.47 Å². The molecule has 0 unspecified atom stereocenters. The number of aryl methyl sites for hydroxylation is 1. The standard InChI is InChI=1S/C25H36N4O3.HI/c1-5-12-27-24(30)21-9-6-8-20(16-21)17-28-25(26-3)29-18-22-11-10-19(2)15-23(22)32-14-7-13-31-4;/h6,8-11,15-16H,5,7,12-14,17-18H2,1-4H3,(H,27,30)(H2,26,28,29);1H. The van der Waals surface area contributed by atoms with E-state index in [2.05, 4.69) is 46.1 Å². The van der Waals surface area contributed by atoms with Crippen LogP contribution in [0.25, 0.3) is 0 Å². The van der Waals surface area contributed by atoms with Gasteiger partial charge in [-0.05, 0) is 42.7 Å². The molecular formula is C25H37IN4O3. The van der Waals surface area contributed by atoms with E-state index in [1.807, 2.05) is 31.2 Å². The van der Waals surface area contributed by atoms with Crippen molar-refractivity contribution in [1.29, 1.82) is 0 Å². The van der Waals surface area contributed by atoms with Crippen molar-refractivity contribution in [2.24, 2.45) is 4.99 Å². The summed E-state index contributed by atoms with van der Waals surface area (Å²) in [7, 11) is 3.43. The van der Waals surface area contributed by atoms with Gasteiger partial charge < -0.3 is 25.4 Å². The number of nitrogens with one attached hydrogen (secondary N) is 3. The molecule has 182 valence electrons. The highest BCUT2D eigenvalue weighted by molar-refractivity contribution is 14.0. The predicted octanol–water partition coefficient (Wildman–Crippen LogP) is 4.03. The molecule has 0 aliphatic rings. The molecule has 33 heavy (non-hydrogen) atoms. The predicted molar refractivity (Wildman–Crippen MR) is 145 cm³/mol. The number of methoxy groups -OCH3 is 1. The number of hydrogen-bond acceptors (Lipinski definition) is 4. The van der Waals surface area contributed by atoms with Gasteiger partial charge in [-0.3, -0.25) is 9.79 Å². The molecule has 0 aliphatic heterocycles. The van der Waals surface area contributed by atoms with E-state index in [9.17, 15) is 4.79 Å². The van der Waals surface area contributed by atoms with Crippen LogP contribution < -0.4 is 20.7 Å². The molecule has 0 heterocycles. The van der Waals surface area contributed by atoms with Gasteiger partial charge in [0.25, 0.3) is 5.91 Å². The van der Waals surface area contributed by atoms with Gasteiger partial charge in [0.2, 0.25) is 0 Å². The second-order valence-corrected chi connectivity index (χ2v) is 7.54. The fourth-order valence-electron chi connectivity index (χ4n) is 3.08. The van der Waals surface area contributed by atoms with Crippen molar-refractivity contribution >= 4 is 35.8 Å². The molecule has 2 rings (SSSR count). The molecule has 0 aliphatic carbocycles.